The molecule has 3 N–H and O–H groups in total. The smallest absolute Gasteiger partial charge is 0.407 e. The Morgan fingerprint density at radius 2 is 2.07 bits per heavy atom. The van der Waals surface area contributed by atoms with Gasteiger partial charge in [-0.1, -0.05) is 24.4 Å². The first-order chi connectivity index (χ1) is 14.0. The molecule has 4 rings (SSSR count). The number of nitrogens with zero attached hydrogens (tertiary/aromatic N) is 3. The molecule has 0 aromatic carbocycles. The number of aromatic amines is 1. The molecule has 1 unspecified atom stereocenters. The monoisotopic (exact) mass is 418 g/mol. The second-order valence-corrected chi connectivity index (χ2v) is 7.36. The van der Waals surface area contributed by atoms with Crippen LogP contribution in [0.4, 0.5) is 15.0 Å². The number of pyridine rings is 1. The molecule has 3 heterocycles. The second kappa shape index (κ2) is 8.20. The van der Waals surface area contributed by atoms with Crippen molar-refractivity contribution >= 4 is 34.5 Å². The molecule has 0 aliphatic heterocycles. The van der Waals surface area contributed by atoms with Gasteiger partial charge in [0.05, 0.1) is 24.4 Å². The average molecular weight is 419 g/mol. The number of methoxy groups -OCH3 is 1. The number of fused-ring (bicyclic) bond motifs is 1. The zero-order valence-corrected chi connectivity index (χ0v) is 16.5. The third-order valence-corrected chi connectivity index (χ3v) is 5.27. The lowest BCUT2D eigenvalue weighted by molar-refractivity contribution is 0.161. The van der Waals surface area contributed by atoms with Crippen LogP contribution in [-0.2, 0) is 4.74 Å². The Hall–Kier alpha value is -2.94. The van der Waals surface area contributed by atoms with Gasteiger partial charge in [0, 0.05) is 29.4 Å². The molecule has 0 bridgehead atoms. The first-order valence-corrected chi connectivity index (χ1v) is 9.69. The number of anilines is 1. The van der Waals surface area contributed by atoms with Crippen LogP contribution < -0.4 is 10.6 Å². The van der Waals surface area contributed by atoms with Crippen molar-refractivity contribution in [1.29, 1.82) is 0 Å². The second-order valence-electron chi connectivity index (χ2n) is 6.92. The van der Waals surface area contributed by atoms with E-state index in [1.165, 1.54) is 7.11 Å². The summed E-state index contributed by atoms with van der Waals surface area (Å²) in [6, 6.07) is 1.41. The van der Waals surface area contributed by atoms with Crippen LogP contribution in [0.2, 0.25) is 5.02 Å². The fourth-order valence-corrected chi connectivity index (χ4v) is 3.78. The van der Waals surface area contributed by atoms with E-state index in [0.29, 0.717) is 22.1 Å². The van der Waals surface area contributed by atoms with Crippen molar-refractivity contribution in [2.75, 3.05) is 12.4 Å². The fourth-order valence-electron chi connectivity index (χ4n) is 3.62. The molecule has 1 aliphatic rings. The molecule has 8 nitrogen and oxygen atoms in total. The van der Waals surface area contributed by atoms with Crippen LogP contribution >= 0.6 is 11.6 Å². The van der Waals surface area contributed by atoms with Crippen molar-refractivity contribution in [3.8, 4) is 11.4 Å². The van der Waals surface area contributed by atoms with Crippen LogP contribution in [0.1, 0.15) is 25.7 Å². The van der Waals surface area contributed by atoms with Crippen molar-refractivity contribution in [3.63, 3.8) is 0 Å². The maximum absolute atomic E-state index is 14.5. The Balaban J connectivity index is 1.62. The van der Waals surface area contributed by atoms with Gasteiger partial charge < -0.3 is 20.4 Å². The molecule has 2 atom stereocenters. The van der Waals surface area contributed by atoms with E-state index in [2.05, 4.69) is 30.6 Å². The number of amides is 1. The third kappa shape index (κ3) is 4.09. The van der Waals surface area contributed by atoms with E-state index in [9.17, 15) is 9.18 Å². The maximum Gasteiger partial charge on any atom is 0.407 e. The number of rotatable bonds is 4. The largest absolute Gasteiger partial charge is 0.453 e. The maximum atomic E-state index is 14.5. The van der Waals surface area contributed by atoms with Gasteiger partial charge in [-0.3, -0.25) is 0 Å². The van der Waals surface area contributed by atoms with E-state index < -0.39 is 11.9 Å². The van der Waals surface area contributed by atoms with E-state index in [1.807, 2.05) is 0 Å². The number of hydrogen-bond donors (Lipinski definition) is 3. The summed E-state index contributed by atoms with van der Waals surface area (Å²) < 4.78 is 19.2. The first kappa shape index (κ1) is 19.4. The molecule has 3 aromatic heterocycles. The van der Waals surface area contributed by atoms with Crippen LogP contribution in [0.5, 0.6) is 0 Å². The van der Waals surface area contributed by atoms with Crippen molar-refractivity contribution in [3.05, 3.63) is 35.5 Å². The summed E-state index contributed by atoms with van der Waals surface area (Å²) in [7, 11) is 1.32. The molecule has 152 valence electrons. The van der Waals surface area contributed by atoms with Crippen molar-refractivity contribution < 1.29 is 13.9 Å². The summed E-state index contributed by atoms with van der Waals surface area (Å²) in [4.78, 5) is 27.4. The van der Waals surface area contributed by atoms with Crippen LogP contribution in [0.3, 0.4) is 0 Å². The minimum Gasteiger partial charge on any atom is -0.453 e. The Labute approximate surface area is 171 Å². The normalized spacial score (nSPS) is 19.1. The van der Waals surface area contributed by atoms with Gasteiger partial charge in [-0.25, -0.2) is 24.1 Å². The molecule has 29 heavy (non-hydrogen) atoms. The molecule has 0 saturated heterocycles. The molecule has 1 amide bonds. The zero-order chi connectivity index (χ0) is 20.4. The van der Waals surface area contributed by atoms with Gasteiger partial charge in [-0.2, -0.15) is 0 Å². The highest BCUT2D eigenvalue weighted by molar-refractivity contribution is 6.31. The third-order valence-electron chi connectivity index (χ3n) is 5.06. The summed E-state index contributed by atoms with van der Waals surface area (Å²) in [5.41, 5.74) is 1.31. The highest BCUT2D eigenvalue weighted by atomic mass is 35.5. The Morgan fingerprint density at radius 1 is 1.28 bits per heavy atom. The predicted octanol–water partition coefficient (Wildman–Crippen LogP) is 3.89. The van der Waals surface area contributed by atoms with Gasteiger partial charge in [0.15, 0.2) is 17.5 Å². The van der Waals surface area contributed by atoms with E-state index in [-0.39, 0.29) is 17.9 Å². The SMILES string of the molecule is COC(=O)NC1CCCC[C@@H]1Nc1nc(-c2c[nH]c3ncc(Cl)cc23)ncc1F. The number of alkyl carbamates (subject to hydrolysis) is 1. The van der Waals surface area contributed by atoms with E-state index in [0.717, 1.165) is 37.3 Å². The minimum atomic E-state index is -0.563. The number of aromatic nitrogens is 4. The molecule has 3 aromatic rings. The summed E-state index contributed by atoms with van der Waals surface area (Å²) in [5.74, 6) is -0.132. The Bertz CT molecular complexity index is 1040. The van der Waals surface area contributed by atoms with Gasteiger partial charge in [0.1, 0.15) is 5.65 Å². The predicted molar refractivity (Wildman–Crippen MR) is 107 cm³/mol. The summed E-state index contributed by atoms with van der Waals surface area (Å²) in [6.07, 6.45) is 7.39. The highest BCUT2D eigenvalue weighted by Gasteiger charge is 2.28. The van der Waals surface area contributed by atoms with Crippen molar-refractivity contribution in [1.82, 2.24) is 25.3 Å². The highest BCUT2D eigenvalue weighted by Crippen LogP contribution is 2.29. The molecule has 1 aliphatic carbocycles. The molecule has 0 radical (unpaired) electrons. The number of carbonyl (C=O) groups excluding carboxylic acids is 1. The molecule has 1 fully saturated rings. The van der Waals surface area contributed by atoms with Crippen molar-refractivity contribution in [2.24, 2.45) is 0 Å². The van der Waals surface area contributed by atoms with Gasteiger partial charge in [-0.15, -0.1) is 0 Å². The van der Waals surface area contributed by atoms with Gasteiger partial charge in [0.25, 0.3) is 0 Å². The fraction of sp³-hybridized carbons (Fsp3) is 0.368. The molecule has 1 saturated carbocycles. The summed E-state index contributed by atoms with van der Waals surface area (Å²) >= 11 is 6.06. The summed E-state index contributed by atoms with van der Waals surface area (Å²) in [6.45, 7) is 0. The zero-order valence-electron chi connectivity index (χ0n) is 15.7. The molecular formula is C19H20ClFN6O2. The standard InChI is InChI=1S/C19H20ClFN6O2/c1-29-19(28)26-15-5-3-2-4-14(15)25-18-13(21)9-24-17(27-18)12-8-23-16-11(12)6-10(20)7-22-16/h6-9,14-15H,2-5H2,1H3,(H,22,23)(H,26,28)(H,24,25,27)/t14-,15?/m0/s1. The van der Waals surface area contributed by atoms with Crippen LogP contribution in [0.25, 0.3) is 22.4 Å². The van der Waals surface area contributed by atoms with Crippen molar-refractivity contribution in [2.45, 2.75) is 37.8 Å². The van der Waals surface area contributed by atoms with E-state index in [1.54, 1.807) is 18.5 Å². The molecule has 10 heteroatoms. The van der Waals surface area contributed by atoms with Crippen LogP contribution in [0.15, 0.2) is 24.7 Å². The van der Waals surface area contributed by atoms with Gasteiger partial charge >= 0.3 is 6.09 Å². The number of hydrogen-bond acceptors (Lipinski definition) is 6. The average Bonchev–Trinajstić information content (AvgIpc) is 3.14. The lowest BCUT2D eigenvalue weighted by Crippen LogP contribution is -2.48. The first-order valence-electron chi connectivity index (χ1n) is 9.31. The molecule has 0 spiro atoms. The number of nitrogens with one attached hydrogen (secondary N) is 3. The summed E-state index contributed by atoms with van der Waals surface area (Å²) in [5, 5.41) is 7.19. The molecular weight excluding hydrogens is 399 g/mol. The number of H-pyrrole nitrogens is 1. The van der Waals surface area contributed by atoms with Gasteiger partial charge in [0.2, 0.25) is 0 Å². The lowest BCUT2D eigenvalue weighted by atomic mass is 9.90. The number of halogens is 2. The number of carbonyl (C=O) groups is 1. The quantitative estimate of drug-likeness (QED) is 0.593. The topological polar surface area (TPSA) is 105 Å². The Morgan fingerprint density at radius 3 is 2.86 bits per heavy atom. The number of ether oxygens (including phenoxy) is 1. The van der Waals surface area contributed by atoms with Gasteiger partial charge in [-0.05, 0) is 18.9 Å². The van der Waals surface area contributed by atoms with E-state index >= 15 is 0 Å². The van der Waals surface area contributed by atoms with Crippen LogP contribution in [-0.4, -0.2) is 45.2 Å². The lowest BCUT2D eigenvalue weighted by Gasteiger charge is -2.32. The van der Waals surface area contributed by atoms with Crippen LogP contribution in [0, 0.1) is 5.82 Å². The minimum absolute atomic E-state index is 0.0860. The van der Waals surface area contributed by atoms with E-state index in [4.69, 9.17) is 16.3 Å². The Kier molecular flexibility index (Phi) is 5.48.